The minimum absolute atomic E-state index is 0.590. The minimum Gasteiger partial charge on any atom is -0.305 e. The van der Waals surface area contributed by atoms with Crippen molar-refractivity contribution >= 4 is 5.71 Å². The Bertz CT molecular complexity index is 946. The van der Waals surface area contributed by atoms with Gasteiger partial charge in [0.15, 0.2) is 0 Å². The highest BCUT2D eigenvalue weighted by molar-refractivity contribution is 5.95. The second-order valence-electron chi connectivity index (χ2n) is 14.9. The lowest BCUT2D eigenvalue weighted by atomic mass is 9.48. The molecule has 0 aromatic heterocycles. The van der Waals surface area contributed by atoms with Crippen LogP contribution in [-0.2, 0) is 0 Å². The summed E-state index contributed by atoms with van der Waals surface area (Å²) < 4.78 is 0. The molecule has 4 rings (SSSR count). The van der Waals surface area contributed by atoms with Gasteiger partial charge >= 0.3 is 0 Å². The second-order valence-corrected chi connectivity index (χ2v) is 14.9. The zero-order valence-corrected chi connectivity index (χ0v) is 42.0. The third-order valence-electron chi connectivity index (χ3n) is 11.4. The Morgan fingerprint density at radius 2 is 1.13 bits per heavy atom. The molecule has 4 fully saturated rings. The molecule has 0 aromatic rings. The van der Waals surface area contributed by atoms with Gasteiger partial charge in [-0.2, -0.15) is 0 Å². The molecule has 8 atom stereocenters. The van der Waals surface area contributed by atoms with Crippen LogP contribution < -0.4 is 0 Å². The van der Waals surface area contributed by atoms with Gasteiger partial charge in [0.05, 0.1) is 0 Å². The summed E-state index contributed by atoms with van der Waals surface area (Å²) in [5.41, 5.74) is 5.49. The minimum atomic E-state index is 0.590. The van der Waals surface area contributed by atoms with E-state index in [-0.39, 0.29) is 0 Å². The molecule has 0 amide bonds. The maximum absolute atomic E-state index is 7.18. The molecule has 54 heavy (non-hydrogen) atoms. The Labute approximate surface area is 346 Å². The second kappa shape index (κ2) is 41.0. The standard InChI is InChI=1S/C24H40.C8H13N.C6H10.C3H8.6C2H6/c1-6-23(4)13-11-18-17(15-23)7-8-20-19(18)12-14-24(5)21(16(2)3)9-10-22(20)24;1-4-5-6-7(2)8(3)9;1-4-5-6(2)3;1-3-2;6*1-2/h17-22H,2,6-15H2,1,3-5H3;4-6,9H,1-3H3;4-5H,2H2,1,3H3;3H2,1-2H3;6*1-2H3/b;5-4+,7-6-,9-8?;5-4-;;;;;;;/t17?,18?,19?,20?,21?,22-,23-,24?;;;;;;;;;/m0........./s1. The van der Waals surface area contributed by atoms with Crippen molar-refractivity contribution in [3.63, 3.8) is 0 Å². The highest BCUT2D eigenvalue weighted by Crippen LogP contribution is 2.66. The molecule has 4 saturated carbocycles. The molecule has 324 valence electrons. The molecule has 0 heterocycles. The van der Waals surface area contributed by atoms with Crippen LogP contribution in [0.1, 0.15) is 230 Å². The number of hydrogen-bond donors (Lipinski definition) is 1. The summed E-state index contributed by atoms with van der Waals surface area (Å²) in [5, 5.41) is 7.18. The third-order valence-corrected chi connectivity index (χ3v) is 11.4. The van der Waals surface area contributed by atoms with E-state index in [0.717, 1.165) is 46.7 Å². The Kier molecular flexibility index (Phi) is 48.8. The lowest BCUT2D eigenvalue weighted by Crippen LogP contribution is -2.49. The van der Waals surface area contributed by atoms with E-state index in [1.54, 1.807) is 26.2 Å². The van der Waals surface area contributed by atoms with Crippen molar-refractivity contribution in [2.24, 2.45) is 46.3 Å². The van der Waals surface area contributed by atoms with Crippen LogP contribution in [0.4, 0.5) is 0 Å². The van der Waals surface area contributed by atoms with Crippen LogP contribution in [0, 0.1) is 51.7 Å². The van der Waals surface area contributed by atoms with Crippen LogP contribution in [0.25, 0.3) is 0 Å². The fourth-order valence-electron chi connectivity index (χ4n) is 8.97. The Morgan fingerprint density at radius 3 is 1.50 bits per heavy atom. The monoisotopic (exact) mass is 758 g/mol. The van der Waals surface area contributed by atoms with E-state index in [0.29, 0.717) is 16.5 Å². The first-order valence-electron chi connectivity index (χ1n) is 23.5. The maximum Gasteiger partial charge on any atom is 0.0312 e. The molecule has 4 aliphatic rings. The summed E-state index contributed by atoms with van der Waals surface area (Å²) in [5.74, 6) is 6.10. The largest absolute Gasteiger partial charge is 0.305 e. The SMILES string of the molecule is C/C=C/C=C(/C)C(C)=N.C=C(C)/C=C\C.C=C(C)C1CC[C@H]2C3CCC4C[C@@](C)(CC)CCC4C3CCC12C.CC.CC.CC.CC.CC.CC.CCC. The van der Waals surface area contributed by atoms with Crippen LogP contribution in [0.3, 0.4) is 0 Å². The van der Waals surface area contributed by atoms with Crippen molar-refractivity contribution < 1.29 is 0 Å². The van der Waals surface area contributed by atoms with E-state index in [1.165, 1.54) is 56.9 Å². The first-order chi connectivity index (χ1) is 25.7. The van der Waals surface area contributed by atoms with Crippen molar-refractivity contribution in [2.45, 2.75) is 230 Å². The predicted octanol–water partition coefficient (Wildman–Crippen LogP) is 19.5. The third kappa shape index (κ3) is 24.1. The van der Waals surface area contributed by atoms with Crippen molar-refractivity contribution in [3.8, 4) is 0 Å². The molecule has 0 bridgehead atoms. The Morgan fingerprint density at radius 1 is 0.648 bits per heavy atom. The van der Waals surface area contributed by atoms with Crippen LogP contribution >= 0.6 is 0 Å². The van der Waals surface area contributed by atoms with Gasteiger partial charge in [0.2, 0.25) is 0 Å². The summed E-state index contributed by atoms with van der Waals surface area (Å²) in [6.45, 7) is 55.8. The van der Waals surface area contributed by atoms with Crippen LogP contribution in [0.5, 0.6) is 0 Å². The topological polar surface area (TPSA) is 23.9 Å². The van der Waals surface area contributed by atoms with E-state index in [2.05, 4.69) is 54.7 Å². The van der Waals surface area contributed by atoms with Gasteiger partial charge in [-0.15, -0.1) is 0 Å². The quantitative estimate of drug-likeness (QED) is 0.164. The molecule has 4 aliphatic carbocycles. The molecule has 0 spiro atoms. The Balaban J connectivity index is -0.000000160. The number of rotatable bonds is 5. The van der Waals surface area contributed by atoms with Gasteiger partial charge in [-0.25, -0.2) is 0 Å². The fraction of sp³-hybridized carbons (Fsp3) is 0.792. The summed E-state index contributed by atoms with van der Waals surface area (Å²) in [6, 6.07) is 0. The van der Waals surface area contributed by atoms with Crippen LogP contribution in [0.2, 0.25) is 0 Å². The van der Waals surface area contributed by atoms with E-state index >= 15 is 0 Å². The summed E-state index contributed by atoms with van der Waals surface area (Å²) in [6.07, 6.45) is 26.1. The van der Waals surface area contributed by atoms with Crippen LogP contribution in [0.15, 0.2) is 60.3 Å². The van der Waals surface area contributed by atoms with Gasteiger partial charge in [0, 0.05) is 5.71 Å². The summed E-state index contributed by atoms with van der Waals surface area (Å²) >= 11 is 0. The molecular weight excluding hydrogens is 651 g/mol. The van der Waals surface area contributed by atoms with Crippen LogP contribution in [-0.4, -0.2) is 5.71 Å². The average Bonchev–Trinajstić information content (AvgIpc) is 3.57. The summed E-state index contributed by atoms with van der Waals surface area (Å²) in [4.78, 5) is 0. The first kappa shape index (κ1) is 64.3. The number of allylic oxidation sites excluding steroid dienone is 8. The predicted molar refractivity (Wildman–Crippen MR) is 259 cm³/mol. The Hall–Kier alpha value is -1.63. The highest BCUT2D eigenvalue weighted by Gasteiger charge is 2.57. The molecule has 1 nitrogen and oxygen atoms in total. The van der Waals surface area contributed by atoms with Gasteiger partial charge in [-0.1, -0.05) is 185 Å². The molecule has 0 radical (unpaired) electrons. The van der Waals surface area contributed by atoms with Gasteiger partial charge in [-0.3, -0.25) is 0 Å². The van der Waals surface area contributed by atoms with E-state index in [1.807, 2.05) is 141 Å². The van der Waals surface area contributed by atoms with Crippen molar-refractivity contribution in [1.82, 2.24) is 0 Å². The van der Waals surface area contributed by atoms with Gasteiger partial charge < -0.3 is 5.41 Å². The highest BCUT2D eigenvalue weighted by atomic mass is 14.6. The zero-order valence-electron chi connectivity index (χ0n) is 42.0. The molecule has 0 saturated heterocycles. The van der Waals surface area contributed by atoms with E-state index < -0.39 is 0 Å². The lowest BCUT2D eigenvalue weighted by molar-refractivity contribution is -0.0752. The van der Waals surface area contributed by atoms with Gasteiger partial charge in [0.25, 0.3) is 0 Å². The number of nitrogens with one attached hydrogen (secondary N) is 1. The molecule has 0 aliphatic heterocycles. The lowest BCUT2D eigenvalue weighted by Gasteiger charge is -2.57. The maximum atomic E-state index is 7.18. The zero-order chi connectivity index (χ0) is 44.1. The molecule has 6 unspecified atom stereocenters. The van der Waals surface area contributed by atoms with E-state index in [4.69, 9.17) is 5.41 Å². The smallest absolute Gasteiger partial charge is 0.0312 e. The molecule has 1 heteroatoms. The normalized spacial score (nSPS) is 28.1. The van der Waals surface area contributed by atoms with Gasteiger partial charge in [0.1, 0.15) is 0 Å². The van der Waals surface area contributed by atoms with Gasteiger partial charge in [-0.05, 0) is 151 Å². The number of fused-ring (bicyclic) bond motifs is 5. The molecule has 0 aromatic carbocycles. The van der Waals surface area contributed by atoms with Crippen molar-refractivity contribution in [2.75, 3.05) is 0 Å². The summed E-state index contributed by atoms with van der Waals surface area (Å²) in [7, 11) is 0. The fourth-order valence-corrected chi connectivity index (χ4v) is 8.97. The number of hydrogen-bond acceptors (Lipinski definition) is 1. The first-order valence-corrected chi connectivity index (χ1v) is 23.5. The average molecular weight is 758 g/mol. The van der Waals surface area contributed by atoms with Crippen molar-refractivity contribution in [1.29, 1.82) is 5.41 Å². The van der Waals surface area contributed by atoms with E-state index in [9.17, 15) is 0 Å². The molecular formula is C53H107N. The van der Waals surface area contributed by atoms with Crippen molar-refractivity contribution in [3.05, 3.63) is 60.3 Å². The molecule has 1 N–H and O–H groups in total.